The molecule has 0 amide bonds. The third kappa shape index (κ3) is 2.33. The first kappa shape index (κ1) is 14.7. The van der Waals surface area contributed by atoms with E-state index < -0.39 is 0 Å². The van der Waals surface area contributed by atoms with Gasteiger partial charge in [0.25, 0.3) is 0 Å². The van der Waals surface area contributed by atoms with Crippen molar-refractivity contribution in [2.75, 3.05) is 6.54 Å². The molecule has 0 saturated heterocycles. The Labute approximate surface area is 131 Å². The first-order valence-electron chi connectivity index (χ1n) is 7.87. The smallest absolute Gasteiger partial charge is 0.118 e. The largest absolute Gasteiger partial charge is 0.302 e. The molecular formula is C18H24N2S. The molecule has 0 bridgehead atoms. The molecule has 1 aliphatic carbocycles. The van der Waals surface area contributed by atoms with E-state index in [1.807, 2.05) is 11.3 Å². The molecule has 2 aromatic rings. The van der Waals surface area contributed by atoms with Crippen LogP contribution >= 0.6 is 11.3 Å². The van der Waals surface area contributed by atoms with Crippen molar-refractivity contribution < 1.29 is 0 Å². The quantitative estimate of drug-likeness (QED) is 0.902. The third-order valence-corrected chi connectivity index (χ3v) is 6.01. The lowest BCUT2D eigenvalue weighted by Crippen LogP contribution is -2.46. The lowest BCUT2D eigenvalue weighted by molar-refractivity contribution is 0.332. The highest BCUT2D eigenvalue weighted by Gasteiger charge is 2.41. The van der Waals surface area contributed by atoms with Crippen LogP contribution in [0.2, 0.25) is 0 Å². The fourth-order valence-electron chi connectivity index (χ4n) is 3.48. The summed E-state index contributed by atoms with van der Waals surface area (Å²) in [4.78, 5) is 6.24. The van der Waals surface area contributed by atoms with Gasteiger partial charge in [-0.3, -0.25) is 0 Å². The topological polar surface area (TPSA) is 24.9 Å². The van der Waals surface area contributed by atoms with Gasteiger partial charge in [-0.2, -0.15) is 0 Å². The van der Waals surface area contributed by atoms with Crippen molar-refractivity contribution in [2.24, 2.45) is 0 Å². The van der Waals surface area contributed by atoms with E-state index in [4.69, 9.17) is 4.98 Å². The van der Waals surface area contributed by atoms with E-state index in [9.17, 15) is 0 Å². The molecule has 2 atom stereocenters. The third-order valence-electron chi connectivity index (χ3n) is 4.78. The zero-order valence-electron chi connectivity index (χ0n) is 13.4. The molecule has 1 N–H and O–H groups in total. The first-order valence-corrected chi connectivity index (χ1v) is 8.69. The van der Waals surface area contributed by atoms with Crippen LogP contribution in [0.25, 0.3) is 0 Å². The van der Waals surface area contributed by atoms with E-state index in [0.717, 1.165) is 13.0 Å². The highest BCUT2D eigenvalue weighted by molar-refractivity contribution is 7.11. The Hall–Kier alpha value is -1.19. The molecule has 1 heterocycles. The fourth-order valence-corrected chi connectivity index (χ4v) is 4.60. The molecule has 0 saturated carbocycles. The molecular weight excluding hydrogens is 276 g/mol. The number of aryl methyl sites for hydroxylation is 2. The molecule has 0 radical (unpaired) electrons. The van der Waals surface area contributed by atoms with Crippen LogP contribution in [-0.2, 0) is 5.54 Å². The van der Waals surface area contributed by atoms with Gasteiger partial charge in [-0.1, -0.05) is 38.1 Å². The second-order valence-electron chi connectivity index (χ2n) is 6.12. The number of rotatable bonds is 3. The second-order valence-corrected chi connectivity index (χ2v) is 7.33. The minimum Gasteiger partial charge on any atom is -0.302 e. The molecule has 2 nitrogen and oxygen atoms in total. The maximum atomic E-state index is 4.90. The molecule has 112 valence electrons. The predicted octanol–water partition coefficient (Wildman–Crippen LogP) is 4.51. The van der Waals surface area contributed by atoms with Crippen molar-refractivity contribution in [1.82, 2.24) is 10.3 Å². The Bertz CT molecular complexity index is 627. The number of hydrogen-bond acceptors (Lipinski definition) is 3. The standard InChI is InChI=1S/C18H24N2S/c1-5-19-18(17-20-13(3)14(4)21-17)11-10-12(2)15-8-6-7-9-16(15)18/h6-9,12,19H,5,10-11H2,1-4H3. The van der Waals surface area contributed by atoms with Gasteiger partial charge in [0.1, 0.15) is 5.01 Å². The first-order chi connectivity index (χ1) is 10.1. The van der Waals surface area contributed by atoms with Gasteiger partial charge in [-0.05, 0) is 50.3 Å². The number of hydrogen-bond donors (Lipinski definition) is 1. The minimum atomic E-state index is -0.0957. The van der Waals surface area contributed by atoms with Gasteiger partial charge in [0.05, 0.1) is 11.2 Å². The van der Waals surface area contributed by atoms with Crippen LogP contribution in [0.3, 0.4) is 0 Å². The van der Waals surface area contributed by atoms with Gasteiger partial charge in [0.15, 0.2) is 0 Å². The van der Waals surface area contributed by atoms with Gasteiger partial charge in [-0.15, -0.1) is 11.3 Å². The van der Waals surface area contributed by atoms with E-state index >= 15 is 0 Å². The van der Waals surface area contributed by atoms with Crippen molar-refractivity contribution in [3.63, 3.8) is 0 Å². The molecule has 1 aliphatic rings. The summed E-state index contributed by atoms with van der Waals surface area (Å²) in [5.74, 6) is 0.634. The predicted molar refractivity (Wildman–Crippen MR) is 90.1 cm³/mol. The van der Waals surface area contributed by atoms with Crippen LogP contribution < -0.4 is 5.32 Å². The van der Waals surface area contributed by atoms with Gasteiger partial charge in [-0.25, -0.2) is 4.98 Å². The SMILES string of the molecule is CCNC1(c2nc(C)c(C)s2)CCC(C)c2ccccc21. The average Bonchev–Trinajstić information content (AvgIpc) is 2.83. The monoisotopic (exact) mass is 300 g/mol. The molecule has 3 heteroatoms. The number of nitrogens with zero attached hydrogens (tertiary/aromatic N) is 1. The molecule has 3 rings (SSSR count). The Morgan fingerprint density at radius 2 is 2.10 bits per heavy atom. The van der Waals surface area contributed by atoms with Crippen molar-refractivity contribution in [2.45, 2.75) is 52.0 Å². The van der Waals surface area contributed by atoms with Crippen LogP contribution in [0.15, 0.2) is 24.3 Å². The van der Waals surface area contributed by atoms with Crippen LogP contribution in [0.5, 0.6) is 0 Å². The highest BCUT2D eigenvalue weighted by Crippen LogP contribution is 2.46. The Balaban J connectivity index is 2.20. The lowest BCUT2D eigenvalue weighted by Gasteiger charge is -2.40. The lowest BCUT2D eigenvalue weighted by atomic mass is 9.72. The molecule has 2 unspecified atom stereocenters. The number of fused-ring (bicyclic) bond motifs is 1. The molecule has 1 aromatic carbocycles. The minimum absolute atomic E-state index is 0.0957. The van der Waals surface area contributed by atoms with E-state index in [2.05, 4.69) is 57.3 Å². The summed E-state index contributed by atoms with van der Waals surface area (Å²) in [6.07, 6.45) is 2.34. The van der Waals surface area contributed by atoms with Gasteiger partial charge >= 0.3 is 0 Å². The number of nitrogens with one attached hydrogen (secondary N) is 1. The van der Waals surface area contributed by atoms with E-state index in [1.54, 1.807) is 0 Å². The summed E-state index contributed by atoms with van der Waals surface area (Å²) in [6.45, 7) is 9.78. The number of benzene rings is 1. The summed E-state index contributed by atoms with van der Waals surface area (Å²) in [5, 5.41) is 5.01. The van der Waals surface area contributed by atoms with E-state index in [0.29, 0.717) is 5.92 Å². The summed E-state index contributed by atoms with van der Waals surface area (Å²) >= 11 is 1.85. The highest BCUT2D eigenvalue weighted by atomic mass is 32.1. The maximum Gasteiger partial charge on any atom is 0.118 e. The molecule has 0 aliphatic heterocycles. The number of aromatic nitrogens is 1. The van der Waals surface area contributed by atoms with Crippen LogP contribution in [0.4, 0.5) is 0 Å². The Morgan fingerprint density at radius 3 is 2.76 bits per heavy atom. The van der Waals surface area contributed by atoms with Crippen LogP contribution in [0.1, 0.15) is 59.3 Å². The molecule has 1 aromatic heterocycles. The molecule has 0 fully saturated rings. The van der Waals surface area contributed by atoms with Crippen LogP contribution in [-0.4, -0.2) is 11.5 Å². The summed E-state index contributed by atoms with van der Waals surface area (Å²) in [5.41, 5.74) is 3.99. The van der Waals surface area contributed by atoms with Gasteiger partial charge < -0.3 is 5.32 Å². The van der Waals surface area contributed by atoms with Gasteiger partial charge in [0, 0.05) is 4.88 Å². The normalized spacial score (nSPS) is 24.9. The van der Waals surface area contributed by atoms with Crippen molar-refractivity contribution in [1.29, 1.82) is 0 Å². The summed E-state index contributed by atoms with van der Waals surface area (Å²) < 4.78 is 0. The summed E-state index contributed by atoms with van der Waals surface area (Å²) in [7, 11) is 0. The Kier molecular flexibility index (Phi) is 3.89. The number of thiazole rings is 1. The summed E-state index contributed by atoms with van der Waals surface area (Å²) in [6, 6.07) is 8.91. The van der Waals surface area contributed by atoms with Crippen molar-refractivity contribution >= 4 is 11.3 Å². The van der Waals surface area contributed by atoms with Crippen LogP contribution in [0, 0.1) is 13.8 Å². The fraction of sp³-hybridized carbons (Fsp3) is 0.500. The zero-order valence-corrected chi connectivity index (χ0v) is 14.2. The van der Waals surface area contributed by atoms with Crippen molar-refractivity contribution in [3.05, 3.63) is 51.0 Å². The zero-order chi connectivity index (χ0) is 15.0. The van der Waals surface area contributed by atoms with Crippen molar-refractivity contribution in [3.8, 4) is 0 Å². The van der Waals surface area contributed by atoms with E-state index in [-0.39, 0.29) is 5.54 Å². The second kappa shape index (κ2) is 5.54. The van der Waals surface area contributed by atoms with E-state index in [1.165, 1.54) is 33.1 Å². The molecule has 0 spiro atoms. The van der Waals surface area contributed by atoms with Gasteiger partial charge in [0.2, 0.25) is 0 Å². The maximum absolute atomic E-state index is 4.90. The Morgan fingerprint density at radius 1 is 1.33 bits per heavy atom. The molecule has 21 heavy (non-hydrogen) atoms. The average molecular weight is 300 g/mol.